The molecule has 0 aromatic heterocycles. The van der Waals surface area contributed by atoms with Crippen molar-refractivity contribution in [2.45, 2.75) is 25.9 Å². The van der Waals surface area contributed by atoms with E-state index < -0.39 is 25.3 Å². The molecule has 0 fully saturated rings. The molecule has 0 heterocycles. The minimum absolute atomic E-state index is 0. The molecule has 0 aliphatic rings. The van der Waals surface area contributed by atoms with E-state index in [-0.39, 0.29) is 48.1 Å². The SMILES string of the molecule is CC(C[O-])N(O)N=O.CC(C[O-])N(O)N=O.[Ca+2]. The zero-order valence-corrected chi connectivity index (χ0v) is 11.8. The van der Waals surface area contributed by atoms with Crippen LogP contribution >= 0.6 is 0 Å². The van der Waals surface area contributed by atoms with E-state index >= 15 is 0 Å². The van der Waals surface area contributed by atoms with Gasteiger partial charge in [-0.2, -0.15) is 0 Å². The molecule has 0 aliphatic heterocycles. The van der Waals surface area contributed by atoms with Crippen molar-refractivity contribution in [3.63, 3.8) is 0 Å². The molecule has 0 aromatic rings. The van der Waals surface area contributed by atoms with Crippen LogP contribution in [0, 0.1) is 9.81 Å². The molecule has 2 N–H and O–H groups in total. The number of hydroxylamine groups is 2. The quantitative estimate of drug-likeness (QED) is 0.316. The molecule has 0 radical (unpaired) electrons. The molecular weight excluding hydrogens is 264 g/mol. The molecule has 0 saturated carbocycles. The minimum atomic E-state index is -0.729. The third kappa shape index (κ3) is 12.2. The molecule has 17 heavy (non-hydrogen) atoms. The Hall–Kier alpha value is -0.100. The van der Waals surface area contributed by atoms with Gasteiger partial charge < -0.3 is 10.2 Å². The van der Waals surface area contributed by atoms with Crippen LogP contribution < -0.4 is 10.2 Å². The van der Waals surface area contributed by atoms with Crippen molar-refractivity contribution in [3.8, 4) is 0 Å². The van der Waals surface area contributed by atoms with Gasteiger partial charge in [0.25, 0.3) is 0 Å². The summed E-state index contributed by atoms with van der Waals surface area (Å²) in [5.74, 6) is 0. The van der Waals surface area contributed by atoms with Gasteiger partial charge in [-0.15, -0.1) is 33.4 Å². The zero-order valence-electron chi connectivity index (χ0n) is 9.59. The Morgan fingerprint density at radius 1 is 1.00 bits per heavy atom. The van der Waals surface area contributed by atoms with E-state index in [1.165, 1.54) is 13.8 Å². The van der Waals surface area contributed by atoms with Gasteiger partial charge >= 0.3 is 37.7 Å². The predicted molar refractivity (Wildman–Crippen MR) is 53.3 cm³/mol. The summed E-state index contributed by atoms with van der Waals surface area (Å²) < 4.78 is 0. The van der Waals surface area contributed by atoms with Gasteiger partial charge in [0, 0.05) is 0 Å². The van der Waals surface area contributed by atoms with Crippen LogP contribution in [0.4, 0.5) is 0 Å². The van der Waals surface area contributed by atoms with Crippen molar-refractivity contribution >= 4 is 37.7 Å². The van der Waals surface area contributed by atoms with Crippen molar-refractivity contribution in [2.24, 2.45) is 10.6 Å². The van der Waals surface area contributed by atoms with Crippen LogP contribution in [0.15, 0.2) is 10.6 Å². The van der Waals surface area contributed by atoms with E-state index in [9.17, 15) is 20.0 Å². The predicted octanol–water partition coefficient (Wildman–Crippen LogP) is -2.17. The van der Waals surface area contributed by atoms with E-state index in [1.807, 2.05) is 0 Å². The summed E-state index contributed by atoms with van der Waals surface area (Å²) in [6.45, 7) is 1.72. The van der Waals surface area contributed by atoms with E-state index in [2.05, 4.69) is 10.6 Å². The summed E-state index contributed by atoms with van der Waals surface area (Å²) in [5.41, 5.74) is 0. The van der Waals surface area contributed by atoms with Gasteiger partial charge in [-0.1, -0.05) is 0 Å². The number of nitroso groups, excluding NO2 is 2. The smallest absolute Gasteiger partial charge is 0.853 e. The van der Waals surface area contributed by atoms with Crippen LogP contribution in [0.5, 0.6) is 0 Å². The first kappa shape index (κ1) is 22.1. The second-order valence-electron chi connectivity index (χ2n) is 2.84. The summed E-state index contributed by atoms with van der Waals surface area (Å²) in [6.07, 6.45) is 0. The number of nitrogens with zero attached hydrogens (tertiary/aromatic N) is 4. The average molecular weight is 278 g/mol. The molecule has 0 aliphatic carbocycles. The maximum atomic E-state index is 9.83. The molecule has 10 nitrogen and oxygen atoms in total. The fourth-order valence-electron chi connectivity index (χ4n) is 0.294. The van der Waals surface area contributed by atoms with Gasteiger partial charge in [-0.3, -0.25) is 10.4 Å². The van der Waals surface area contributed by atoms with Gasteiger partial charge in [0.05, 0.1) is 22.7 Å². The number of hydrogen-bond acceptors (Lipinski definition) is 8. The average Bonchev–Trinajstić information content (AvgIpc) is 2.35. The van der Waals surface area contributed by atoms with Crippen LogP contribution in [0.25, 0.3) is 0 Å². The second-order valence-corrected chi connectivity index (χ2v) is 2.84. The van der Waals surface area contributed by atoms with E-state index in [1.54, 1.807) is 0 Å². The van der Waals surface area contributed by atoms with E-state index in [0.29, 0.717) is 0 Å². The zero-order chi connectivity index (χ0) is 13.1. The molecule has 0 saturated heterocycles. The van der Waals surface area contributed by atoms with Crippen LogP contribution in [0.3, 0.4) is 0 Å². The molecule has 0 bridgehead atoms. The Balaban J connectivity index is -0.000000218. The van der Waals surface area contributed by atoms with E-state index in [4.69, 9.17) is 10.4 Å². The molecule has 0 amide bonds. The van der Waals surface area contributed by atoms with Crippen LogP contribution in [0.2, 0.25) is 0 Å². The fourth-order valence-corrected chi connectivity index (χ4v) is 0.294. The third-order valence-electron chi connectivity index (χ3n) is 1.44. The third-order valence-corrected chi connectivity index (χ3v) is 1.44. The number of rotatable bonds is 6. The largest absolute Gasteiger partial charge is 2.00 e. The Bertz CT molecular complexity index is 179. The fraction of sp³-hybridized carbons (Fsp3) is 1.00. The molecule has 2 unspecified atom stereocenters. The van der Waals surface area contributed by atoms with Crippen LogP contribution in [-0.2, 0) is 0 Å². The summed E-state index contributed by atoms with van der Waals surface area (Å²) >= 11 is 0. The standard InChI is InChI=1S/2C3H7N2O3.Ca/c2*1-3(2-6)5(8)4-7;/h2*3,8H,2H2,1H3;/q2*-1;+2. The van der Waals surface area contributed by atoms with E-state index in [0.717, 1.165) is 0 Å². The summed E-state index contributed by atoms with van der Waals surface area (Å²) in [5, 5.41) is 40.6. The molecule has 2 atom stereocenters. The van der Waals surface area contributed by atoms with Crippen LogP contribution in [-0.4, -0.2) is 83.8 Å². The first-order valence-corrected chi connectivity index (χ1v) is 4.23. The van der Waals surface area contributed by atoms with Gasteiger partial charge in [0.2, 0.25) is 0 Å². The van der Waals surface area contributed by atoms with Crippen molar-refractivity contribution in [3.05, 3.63) is 9.81 Å². The van der Waals surface area contributed by atoms with Crippen molar-refractivity contribution in [1.29, 1.82) is 0 Å². The Kier molecular flexibility index (Phi) is 18.2. The van der Waals surface area contributed by atoms with Crippen LogP contribution in [0.1, 0.15) is 13.8 Å². The maximum absolute atomic E-state index is 9.83. The first-order chi connectivity index (χ1) is 7.44. The van der Waals surface area contributed by atoms with Crippen molar-refractivity contribution in [1.82, 2.24) is 10.3 Å². The Morgan fingerprint density at radius 3 is 1.29 bits per heavy atom. The van der Waals surface area contributed by atoms with Gasteiger partial charge in [-0.05, 0) is 13.8 Å². The number of hydrogen-bond donors (Lipinski definition) is 2. The summed E-state index contributed by atoms with van der Waals surface area (Å²) in [4.78, 5) is 18.8. The first-order valence-electron chi connectivity index (χ1n) is 4.23. The van der Waals surface area contributed by atoms with Crippen molar-refractivity contribution < 1.29 is 20.6 Å². The minimum Gasteiger partial charge on any atom is -0.853 e. The van der Waals surface area contributed by atoms with Gasteiger partial charge in [0.15, 0.2) is 0 Å². The second kappa shape index (κ2) is 14.0. The van der Waals surface area contributed by atoms with Gasteiger partial charge in [-0.25, -0.2) is 0 Å². The summed E-state index contributed by atoms with van der Waals surface area (Å²) in [6, 6.07) is -1.46. The van der Waals surface area contributed by atoms with Gasteiger partial charge in [0.1, 0.15) is 0 Å². The monoisotopic (exact) mass is 278 g/mol. The molecule has 11 heteroatoms. The Labute approximate surface area is 128 Å². The molecule has 0 aromatic carbocycles. The molecule has 96 valence electrons. The maximum Gasteiger partial charge on any atom is 2.00 e. The summed E-state index contributed by atoms with van der Waals surface area (Å²) in [7, 11) is 0. The Morgan fingerprint density at radius 2 is 1.24 bits per heavy atom. The van der Waals surface area contributed by atoms with Crippen molar-refractivity contribution in [2.75, 3.05) is 13.2 Å². The topological polar surface area (TPSA) is 152 Å². The molecule has 0 spiro atoms. The molecular formula is C6H14CaN4O6. The molecule has 0 rings (SSSR count). The normalized spacial score (nSPS) is 12.1.